The quantitative estimate of drug-likeness (QED) is 0.614. The number of fused-ring (bicyclic) bond motifs is 1. The van der Waals surface area contributed by atoms with Gasteiger partial charge in [-0.1, -0.05) is 19.1 Å². The van der Waals surface area contributed by atoms with Crippen LogP contribution in [0, 0.1) is 5.92 Å². The van der Waals surface area contributed by atoms with E-state index in [2.05, 4.69) is 0 Å². The fourth-order valence-electron chi connectivity index (χ4n) is 2.91. The molecule has 1 aliphatic heterocycles. The molecule has 6 nitrogen and oxygen atoms in total. The third-order valence-electron chi connectivity index (χ3n) is 4.24. The van der Waals surface area contributed by atoms with E-state index in [4.69, 9.17) is 5.11 Å². The Morgan fingerprint density at radius 2 is 1.61 bits per heavy atom. The van der Waals surface area contributed by atoms with Crippen molar-refractivity contribution in [2.45, 2.75) is 39.2 Å². The summed E-state index contributed by atoms with van der Waals surface area (Å²) in [6.45, 7) is 3.07. The normalized spacial score (nSPS) is 16.2. The van der Waals surface area contributed by atoms with Crippen LogP contribution in [0.4, 0.5) is 0 Å². The predicted molar refractivity (Wildman–Crippen MR) is 82.1 cm³/mol. The number of carbonyl (C=O) groups is 4. The first-order chi connectivity index (χ1) is 10.9. The van der Waals surface area contributed by atoms with E-state index in [9.17, 15) is 19.2 Å². The summed E-state index contributed by atoms with van der Waals surface area (Å²) in [5.74, 6) is -3.40. The molecule has 2 amide bonds. The zero-order valence-electron chi connectivity index (χ0n) is 13.1. The molecule has 0 saturated carbocycles. The van der Waals surface area contributed by atoms with Crippen molar-refractivity contribution in [1.29, 1.82) is 0 Å². The van der Waals surface area contributed by atoms with E-state index in [1.54, 1.807) is 24.3 Å². The first kappa shape index (κ1) is 16.9. The summed E-state index contributed by atoms with van der Waals surface area (Å²) in [4.78, 5) is 48.6. The molecule has 122 valence electrons. The van der Waals surface area contributed by atoms with Gasteiger partial charge in [-0.15, -0.1) is 0 Å². The number of hydrogen-bond donors (Lipinski definition) is 1. The number of rotatable bonds is 7. The molecule has 6 heteroatoms. The van der Waals surface area contributed by atoms with Crippen molar-refractivity contribution in [3.8, 4) is 0 Å². The van der Waals surface area contributed by atoms with Crippen molar-refractivity contribution >= 4 is 23.6 Å². The third-order valence-corrected chi connectivity index (χ3v) is 4.24. The van der Waals surface area contributed by atoms with Gasteiger partial charge in [-0.3, -0.25) is 24.1 Å². The first-order valence-corrected chi connectivity index (χ1v) is 7.58. The van der Waals surface area contributed by atoms with Crippen LogP contribution in [0.25, 0.3) is 0 Å². The summed E-state index contributed by atoms with van der Waals surface area (Å²) >= 11 is 0. The Bertz CT molecular complexity index is 618. The van der Waals surface area contributed by atoms with E-state index in [1.165, 1.54) is 11.8 Å². The highest BCUT2D eigenvalue weighted by atomic mass is 16.4. The second-order valence-electron chi connectivity index (χ2n) is 5.67. The number of hydrogen-bond acceptors (Lipinski definition) is 4. The van der Waals surface area contributed by atoms with Crippen LogP contribution in [0.15, 0.2) is 24.3 Å². The maximum Gasteiger partial charge on any atom is 0.314 e. The van der Waals surface area contributed by atoms with Gasteiger partial charge in [0.25, 0.3) is 11.8 Å². The van der Waals surface area contributed by atoms with E-state index < -0.39 is 23.7 Å². The molecule has 2 atom stereocenters. The molecule has 1 aromatic rings. The number of carboxylic acids is 1. The summed E-state index contributed by atoms with van der Waals surface area (Å²) in [5, 5.41) is 9.07. The molecular weight excluding hydrogens is 298 g/mol. The predicted octanol–water partition coefficient (Wildman–Crippen LogP) is 2.13. The van der Waals surface area contributed by atoms with Crippen molar-refractivity contribution in [2.75, 3.05) is 0 Å². The lowest BCUT2D eigenvalue weighted by Crippen LogP contribution is -2.40. The molecular formula is C17H19NO5. The number of imide groups is 1. The van der Waals surface area contributed by atoms with Crippen molar-refractivity contribution in [2.24, 2.45) is 5.92 Å². The zero-order valence-corrected chi connectivity index (χ0v) is 13.1. The van der Waals surface area contributed by atoms with Crippen molar-refractivity contribution < 1.29 is 24.3 Å². The number of amides is 2. The number of nitrogens with zero attached hydrogens (tertiary/aromatic N) is 1. The van der Waals surface area contributed by atoms with Gasteiger partial charge in [-0.25, -0.2) is 0 Å². The minimum absolute atomic E-state index is 0.108. The Kier molecular flexibility index (Phi) is 4.93. The molecule has 0 radical (unpaired) electrons. The molecule has 2 unspecified atom stereocenters. The minimum atomic E-state index is -1.17. The molecule has 1 aromatic carbocycles. The van der Waals surface area contributed by atoms with Gasteiger partial charge in [0.1, 0.15) is 11.7 Å². The average molecular weight is 317 g/mol. The van der Waals surface area contributed by atoms with E-state index in [0.717, 1.165) is 0 Å². The fourth-order valence-corrected chi connectivity index (χ4v) is 2.91. The molecule has 23 heavy (non-hydrogen) atoms. The highest BCUT2D eigenvalue weighted by Crippen LogP contribution is 2.28. The van der Waals surface area contributed by atoms with Crippen LogP contribution < -0.4 is 0 Å². The molecule has 0 aliphatic carbocycles. The molecule has 0 aromatic heterocycles. The standard InChI is InChI=1S/C17H19NO5/c1-3-11(8-9-12(10(2)19)17(22)23)18-15(20)13-6-4-5-7-14(13)16(18)21/h4-7,11-12H,3,8-9H2,1-2H3,(H,22,23). The zero-order chi connectivity index (χ0) is 17.1. The molecule has 1 heterocycles. The van der Waals surface area contributed by atoms with Crippen LogP contribution in [-0.4, -0.2) is 39.6 Å². The second-order valence-corrected chi connectivity index (χ2v) is 5.67. The van der Waals surface area contributed by atoms with Gasteiger partial charge in [0.05, 0.1) is 11.1 Å². The van der Waals surface area contributed by atoms with Crippen LogP contribution in [0.1, 0.15) is 53.8 Å². The smallest absolute Gasteiger partial charge is 0.314 e. The molecule has 0 fully saturated rings. The van der Waals surface area contributed by atoms with Crippen LogP contribution in [0.5, 0.6) is 0 Å². The SMILES string of the molecule is CCC(CCC(C(C)=O)C(=O)O)N1C(=O)c2ccccc2C1=O. The third kappa shape index (κ3) is 3.16. The Balaban J connectivity index is 2.16. The van der Waals surface area contributed by atoms with Crippen LogP contribution in [0.2, 0.25) is 0 Å². The first-order valence-electron chi connectivity index (χ1n) is 7.58. The van der Waals surface area contributed by atoms with E-state index in [1.807, 2.05) is 6.92 Å². The number of carbonyl (C=O) groups excluding carboxylic acids is 3. The van der Waals surface area contributed by atoms with E-state index in [-0.39, 0.29) is 18.2 Å². The number of carboxylic acid groups (broad SMARTS) is 1. The minimum Gasteiger partial charge on any atom is -0.481 e. The van der Waals surface area contributed by atoms with Gasteiger partial charge in [0.2, 0.25) is 0 Å². The van der Waals surface area contributed by atoms with Crippen LogP contribution >= 0.6 is 0 Å². The Labute approximate surface area is 134 Å². The van der Waals surface area contributed by atoms with Crippen LogP contribution in [-0.2, 0) is 9.59 Å². The largest absolute Gasteiger partial charge is 0.481 e. The van der Waals surface area contributed by atoms with Gasteiger partial charge in [0.15, 0.2) is 0 Å². The number of ketones is 1. The molecule has 0 saturated heterocycles. The van der Waals surface area contributed by atoms with Crippen molar-refractivity contribution in [1.82, 2.24) is 4.90 Å². The lowest BCUT2D eigenvalue weighted by atomic mass is 9.95. The number of benzene rings is 1. The van der Waals surface area contributed by atoms with Gasteiger partial charge >= 0.3 is 5.97 Å². The maximum atomic E-state index is 12.4. The molecule has 2 rings (SSSR count). The average Bonchev–Trinajstić information content (AvgIpc) is 2.76. The molecule has 0 bridgehead atoms. The van der Waals surface area contributed by atoms with Gasteiger partial charge in [-0.2, -0.15) is 0 Å². The molecule has 1 aliphatic rings. The summed E-state index contributed by atoms with van der Waals surface area (Å²) in [5.41, 5.74) is 0.745. The maximum absolute atomic E-state index is 12.4. The Morgan fingerprint density at radius 1 is 1.09 bits per heavy atom. The van der Waals surface area contributed by atoms with Crippen LogP contribution in [0.3, 0.4) is 0 Å². The van der Waals surface area contributed by atoms with E-state index in [0.29, 0.717) is 24.0 Å². The molecule has 1 N–H and O–H groups in total. The van der Waals surface area contributed by atoms with E-state index >= 15 is 0 Å². The highest BCUT2D eigenvalue weighted by molar-refractivity contribution is 6.21. The van der Waals surface area contributed by atoms with Crippen molar-refractivity contribution in [3.05, 3.63) is 35.4 Å². The number of Topliss-reactive ketones (excluding diaryl/α,β-unsaturated/α-hetero) is 1. The lowest BCUT2D eigenvalue weighted by molar-refractivity contribution is -0.146. The molecule has 0 spiro atoms. The topological polar surface area (TPSA) is 91.8 Å². The van der Waals surface area contributed by atoms with Crippen molar-refractivity contribution in [3.63, 3.8) is 0 Å². The highest BCUT2D eigenvalue weighted by Gasteiger charge is 2.39. The summed E-state index contributed by atoms with van der Waals surface area (Å²) < 4.78 is 0. The van der Waals surface area contributed by atoms with Gasteiger partial charge in [0, 0.05) is 6.04 Å². The monoisotopic (exact) mass is 317 g/mol. The Hall–Kier alpha value is -2.50. The summed E-state index contributed by atoms with van der Waals surface area (Å²) in [6.07, 6.45) is 0.908. The number of aliphatic carboxylic acids is 1. The Morgan fingerprint density at radius 3 is 2.00 bits per heavy atom. The second kappa shape index (κ2) is 6.73. The fraction of sp³-hybridized carbons (Fsp3) is 0.412. The van der Waals surface area contributed by atoms with Gasteiger partial charge in [-0.05, 0) is 38.3 Å². The summed E-state index contributed by atoms with van der Waals surface area (Å²) in [7, 11) is 0. The van der Waals surface area contributed by atoms with Gasteiger partial charge < -0.3 is 5.11 Å². The summed E-state index contributed by atoms with van der Waals surface area (Å²) in [6, 6.07) is 6.20. The lowest BCUT2D eigenvalue weighted by Gasteiger charge is -2.25.